The van der Waals surface area contributed by atoms with E-state index in [4.69, 9.17) is 4.74 Å². The number of nitrogens with one attached hydrogen (secondary N) is 2. The Bertz CT molecular complexity index is 685. The lowest BCUT2D eigenvalue weighted by Gasteiger charge is -2.23. The normalized spacial score (nSPS) is 27.9. The maximum absolute atomic E-state index is 12.7. The Morgan fingerprint density at radius 3 is 2.58 bits per heavy atom. The molecule has 0 spiro atoms. The van der Waals surface area contributed by atoms with Gasteiger partial charge in [0.1, 0.15) is 0 Å². The maximum atomic E-state index is 12.7. The van der Waals surface area contributed by atoms with Crippen LogP contribution in [0, 0.1) is 11.8 Å². The standard InChI is InChI=1S/C15H20N4O5/c1-3-19-6-7(12(18-19)14(21)16-2)17-13(20)10-8-4-5-9(24-8)11(10)15(22)23/h6,8-11H,3-5H2,1-2H3,(H,16,21)(H,17,20)(H,22,23)/t8-,9-,10-,11-/m0/s1. The molecular weight excluding hydrogens is 316 g/mol. The van der Waals surface area contributed by atoms with Crippen LogP contribution in [0.2, 0.25) is 0 Å². The van der Waals surface area contributed by atoms with E-state index in [1.165, 1.54) is 11.7 Å². The molecule has 2 aliphatic heterocycles. The van der Waals surface area contributed by atoms with Crippen LogP contribution in [-0.2, 0) is 20.9 Å². The van der Waals surface area contributed by atoms with E-state index in [0.717, 1.165) is 0 Å². The van der Waals surface area contributed by atoms with Crippen molar-refractivity contribution in [3.63, 3.8) is 0 Å². The van der Waals surface area contributed by atoms with Gasteiger partial charge < -0.3 is 20.5 Å². The Morgan fingerprint density at radius 1 is 1.33 bits per heavy atom. The fourth-order valence-electron chi connectivity index (χ4n) is 3.50. The summed E-state index contributed by atoms with van der Waals surface area (Å²) in [5, 5.41) is 18.7. The third-order valence-electron chi connectivity index (χ3n) is 4.65. The Morgan fingerprint density at radius 2 is 2.00 bits per heavy atom. The Balaban J connectivity index is 1.83. The van der Waals surface area contributed by atoms with Crippen molar-refractivity contribution in [3.8, 4) is 0 Å². The number of carbonyl (C=O) groups excluding carboxylic acids is 2. The Hall–Kier alpha value is -2.42. The third-order valence-corrected chi connectivity index (χ3v) is 4.65. The molecule has 3 N–H and O–H groups in total. The number of hydrogen-bond donors (Lipinski definition) is 3. The molecule has 1 aromatic rings. The van der Waals surface area contributed by atoms with Crippen LogP contribution in [0.5, 0.6) is 0 Å². The van der Waals surface area contributed by atoms with Gasteiger partial charge in [0.2, 0.25) is 5.91 Å². The van der Waals surface area contributed by atoms with Crippen molar-refractivity contribution in [2.45, 2.75) is 38.5 Å². The van der Waals surface area contributed by atoms with E-state index in [-0.39, 0.29) is 17.5 Å². The van der Waals surface area contributed by atoms with Crippen LogP contribution in [0.4, 0.5) is 5.69 Å². The number of aryl methyl sites for hydroxylation is 1. The lowest BCUT2D eigenvalue weighted by molar-refractivity contribution is -0.147. The van der Waals surface area contributed by atoms with Crippen LogP contribution in [0.3, 0.4) is 0 Å². The third kappa shape index (κ3) is 2.64. The SMILES string of the molecule is CCn1cc(NC(=O)[C@@H]2[C@@H](C(=O)O)[C@@H]3CC[C@@H]2O3)c(C(=O)NC)n1. The molecule has 1 aromatic heterocycles. The average Bonchev–Trinajstić information content (AvgIpc) is 3.27. The quantitative estimate of drug-likeness (QED) is 0.700. The highest BCUT2D eigenvalue weighted by atomic mass is 16.5. The number of aromatic nitrogens is 2. The summed E-state index contributed by atoms with van der Waals surface area (Å²) in [6.07, 6.45) is 2.08. The monoisotopic (exact) mass is 336 g/mol. The zero-order chi connectivity index (χ0) is 17.4. The number of hydrogen-bond acceptors (Lipinski definition) is 5. The van der Waals surface area contributed by atoms with Gasteiger partial charge >= 0.3 is 5.97 Å². The summed E-state index contributed by atoms with van der Waals surface area (Å²) in [6, 6.07) is 0. The number of carboxylic acids is 1. The average molecular weight is 336 g/mol. The van der Waals surface area contributed by atoms with Gasteiger partial charge in [-0.2, -0.15) is 5.10 Å². The predicted molar refractivity (Wildman–Crippen MR) is 82.4 cm³/mol. The first-order chi connectivity index (χ1) is 11.5. The lowest BCUT2D eigenvalue weighted by atomic mass is 9.78. The smallest absolute Gasteiger partial charge is 0.310 e. The van der Waals surface area contributed by atoms with E-state index in [1.807, 2.05) is 6.92 Å². The summed E-state index contributed by atoms with van der Waals surface area (Å²) in [6.45, 7) is 2.39. The van der Waals surface area contributed by atoms with E-state index < -0.39 is 35.7 Å². The first-order valence-corrected chi connectivity index (χ1v) is 7.95. The van der Waals surface area contributed by atoms with E-state index in [0.29, 0.717) is 19.4 Å². The molecule has 3 heterocycles. The van der Waals surface area contributed by atoms with Crippen molar-refractivity contribution < 1.29 is 24.2 Å². The number of aliphatic carboxylic acids is 1. The highest BCUT2D eigenvalue weighted by molar-refractivity contribution is 6.03. The molecule has 2 bridgehead atoms. The number of carboxylic acid groups (broad SMARTS) is 1. The second-order valence-corrected chi connectivity index (χ2v) is 6.00. The summed E-state index contributed by atoms with van der Waals surface area (Å²) in [5.41, 5.74) is 0.372. The summed E-state index contributed by atoms with van der Waals surface area (Å²) in [5.74, 6) is -3.51. The molecule has 0 saturated carbocycles. The van der Waals surface area contributed by atoms with E-state index in [2.05, 4.69) is 15.7 Å². The molecule has 2 saturated heterocycles. The molecule has 9 heteroatoms. The fourth-order valence-corrected chi connectivity index (χ4v) is 3.50. The minimum atomic E-state index is -1.03. The molecule has 4 atom stereocenters. The number of carbonyl (C=O) groups is 3. The van der Waals surface area contributed by atoms with Crippen molar-refractivity contribution in [1.82, 2.24) is 15.1 Å². The molecule has 0 aliphatic carbocycles. The number of amides is 2. The van der Waals surface area contributed by atoms with Gasteiger partial charge in [-0.25, -0.2) is 0 Å². The van der Waals surface area contributed by atoms with Gasteiger partial charge in [0.05, 0.1) is 29.7 Å². The van der Waals surface area contributed by atoms with Crippen molar-refractivity contribution in [2.75, 3.05) is 12.4 Å². The van der Waals surface area contributed by atoms with E-state index in [1.54, 1.807) is 6.20 Å². The van der Waals surface area contributed by atoms with Gasteiger partial charge in [-0.1, -0.05) is 0 Å². The Labute approximate surface area is 138 Å². The molecule has 2 fully saturated rings. The fraction of sp³-hybridized carbons (Fsp3) is 0.600. The second-order valence-electron chi connectivity index (χ2n) is 6.00. The van der Waals surface area contributed by atoms with Crippen molar-refractivity contribution in [1.29, 1.82) is 0 Å². The molecule has 9 nitrogen and oxygen atoms in total. The summed E-state index contributed by atoms with van der Waals surface area (Å²) in [7, 11) is 1.48. The van der Waals surface area contributed by atoms with Gasteiger partial charge in [-0.05, 0) is 19.8 Å². The number of fused-ring (bicyclic) bond motifs is 2. The number of ether oxygens (including phenoxy) is 1. The zero-order valence-electron chi connectivity index (χ0n) is 13.5. The predicted octanol–water partition coefficient (Wildman–Crippen LogP) is 0.0793. The summed E-state index contributed by atoms with van der Waals surface area (Å²) in [4.78, 5) is 36.1. The van der Waals surface area contributed by atoms with Crippen molar-refractivity contribution in [3.05, 3.63) is 11.9 Å². The summed E-state index contributed by atoms with van der Waals surface area (Å²) < 4.78 is 7.13. The largest absolute Gasteiger partial charge is 0.481 e. The van der Waals surface area contributed by atoms with Crippen LogP contribution in [0.1, 0.15) is 30.3 Å². The van der Waals surface area contributed by atoms with Crippen LogP contribution in [0.15, 0.2) is 6.20 Å². The van der Waals surface area contributed by atoms with Crippen LogP contribution < -0.4 is 10.6 Å². The highest BCUT2D eigenvalue weighted by Crippen LogP contribution is 2.44. The molecule has 3 rings (SSSR count). The first-order valence-electron chi connectivity index (χ1n) is 7.95. The zero-order valence-corrected chi connectivity index (χ0v) is 13.5. The van der Waals surface area contributed by atoms with Crippen LogP contribution in [0.25, 0.3) is 0 Å². The Kier molecular flexibility index (Phi) is 4.27. The van der Waals surface area contributed by atoms with Gasteiger partial charge in [0.25, 0.3) is 5.91 Å². The van der Waals surface area contributed by atoms with Gasteiger partial charge in [-0.15, -0.1) is 0 Å². The highest BCUT2D eigenvalue weighted by Gasteiger charge is 2.55. The second kappa shape index (κ2) is 6.23. The molecule has 0 unspecified atom stereocenters. The summed E-state index contributed by atoms with van der Waals surface area (Å²) >= 11 is 0. The van der Waals surface area contributed by atoms with Crippen LogP contribution in [-0.4, -0.2) is 51.9 Å². The molecule has 0 radical (unpaired) electrons. The topological polar surface area (TPSA) is 123 Å². The van der Waals surface area contributed by atoms with Crippen LogP contribution >= 0.6 is 0 Å². The van der Waals surface area contributed by atoms with Gasteiger partial charge in [-0.3, -0.25) is 19.1 Å². The molecule has 2 amide bonds. The maximum Gasteiger partial charge on any atom is 0.310 e. The van der Waals surface area contributed by atoms with Crippen molar-refractivity contribution in [2.24, 2.45) is 11.8 Å². The first kappa shape index (κ1) is 16.4. The molecular formula is C15H20N4O5. The minimum absolute atomic E-state index is 0.101. The van der Waals surface area contributed by atoms with Gasteiger partial charge in [0.15, 0.2) is 5.69 Å². The van der Waals surface area contributed by atoms with E-state index in [9.17, 15) is 19.5 Å². The number of nitrogens with zero attached hydrogens (tertiary/aromatic N) is 2. The number of rotatable bonds is 5. The molecule has 130 valence electrons. The lowest BCUT2D eigenvalue weighted by Crippen LogP contribution is -2.41. The molecule has 24 heavy (non-hydrogen) atoms. The molecule has 2 aliphatic rings. The molecule has 0 aromatic carbocycles. The number of anilines is 1. The van der Waals surface area contributed by atoms with Crippen molar-refractivity contribution >= 4 is 23.5 Å². The van der Waals surface area contributed by atoms with Gasteiger partial charge in [0, 0.05) is 19.8 Å². The minimum Gasteiger partial charge on any atom is -0.481 e. The van der Waals surface area contributed by atoms with E-state index >= 15 is 0 Å².